The van der Waals surface area contributed by atoms with Gasteiger partial charge in [-0.25, -0.2) is 0 Å². The van der Waals surface area contributed by atoms with E-state index in [0.717, 1.165) is 25.9 Å². The summed E-state index contributed by atoms with van der Waals surface area (Å²) in [4.78, 5) is 14.8. The van der Waals surface area contributed by atoms with Gasteiger partial charge in [0.05, 0.1) is 18.6 Å². The normalized spacial score (nSPS) is 40.1. The molecule has 2 heterocycles. The number of rotatable bonds is 1. The molecule has 4 heteroatoms. The summed E-state index contributed by atoms with van der Waals surface area (Å²) in [5, 5.41) is 0. The lowest BCUT2D eigenvalue weighted by atomic mass is 9.97. The van der Waals surface area contributed by atoms with Crippen molar-refractivity contribution in [1.29, 1.82) is 0 Å². The van der Waals surface area contributed by atoms with E-state index in [1.165, 1.54) is 0 Å². The number of alkyl halides is 1. The van der Waals surface area contributed by atoms with Crippen molar-refractivity contribution < 1.29 is 9.53 Å². The number of carbonyl (C=O) groups excluding carboxylic acids is 1. The minimum absolute atomic E-state index is 0.106. The van der Waals surface area contributed by atoms with Crippen LogP contribution in [0.15, 0.2) is 0 Å². The third-order valence-electron chi connectivity index (χ3n) is 3.66. The van der Waals surface area contributed by atoms with E-state index in [-0.39, 0.29) is 12.0 Å². The maximum absolute atomic E-state index is 12.2. The van der Waals surface area contributed by atoms with Gasteiger partial charge in [0, 0.05) is 17.9 Å². The van der Waals surface area contributed by atoms with Gasteiger partial charge in [-0.15, -0.1) is 0 Å². The van der Waals surface area contributed by atoms with Crippen molar-refractivity contribution >= 4 is 21.8 Å². The van der Waals surface area contributed by atoms with Gasteiger partial charge < -0.3 is 9.64 Å². The van der Waals surface area contributed by atoms with E-state index in [1.54, 1.807) is 0 Å². The van der Waals surface area contributed by atoms with Gasteiger partial charge in [0.2, 0.25) is 5.91 Å². The van der Waals surface area contributed by atoms with Crippen LogP contribution in [-0.4, -0.2) is 41.4 Å². The van der Waals surface area contributed by atoms with Gasteiger partial charge in [-0.3, -0.25) is 4.79 Å². The molecular weight excluding hydrogens is 270 g/mol. The molecule has 0 bridgehead atoms. The van der Waals surface area contributed by atoms with E-state index in [9.17, 15) is 4.79 Å². The van der Waals surface area contributed by atoms with Crippen LogP contribution in [0.4, 0.5) is 0 Å². The highest BCUT2D eigenvalue weighted by molar-refractivity contribution is 9.09. The number of amides is 1. The van der Waals surface area contributed by atoms with Crippen LogP contribution in [0, 0.1) is 11.8 Å². The Bertz CT molecular complexity index is 272. The minimum Gasteiger partial charge on any atom is -0.378 e. The highest BCUT2D eigenvalue weighted by atomic mass is 79.9. The number of likely N-dealkylation sites (tertiary alicyclic amines) is 1. The number of hydrogen-bond acceptors (Lipinski definition) is 2. The Morgan fingerprint density at radius 3 is 2.75 bits per heavy atom. The molecule has 4 unspecified atom stereocenters. The highest BCUT2D eigenvalue weighted by Crippen LogP contribution is 2.27. The predicted molar refractivity (Wildman–Crippen MR) is 66.6 cm³/mol. The monoisotopic (exact) mass is 289 g/mol. The van der Waals surface area contributed by atoms with Crippen LogP contribution in [0.2, 0.25) is 0 Å². The zero-order valence-corrected chi connectivity index (χ0v) is 11.6. The molecule has 3 nitrogen and oxygen atoms in total. The molecule has 0 aromatic heterocycles. The third kappa shape index (κ3) is 2.59. The summed E-state index contributed by atoms with van der Waals surface area (Å²) in [6, 6.07) is 0. The highest BCUT2D eigenvalue weighted by Gasteiger charge is 2.34. The van der Waals surface area contributed by atoms with Gasteiger partial charge in [-0.1, -0.05) is 22.9 Å². The maximum Gasteiger partial charge on any atom is 0.228 e. The van der Waals surface area contributed by atoms with Crippen LogP contribution in [-0.2, 0) is 9.53 Å². The lowest BCUT2D eigenvalue weighted by molar-refractivity contribution is -0.137. The SMILES string of the molecule is CC1CC(C(=O)N2CCC(Br)C(C)C2)CO1. The Morgan fingerprint density at radius 2 is 2.19 bits per heavy atom. The quantitative estimate of drug-likeness (QED) is 0.692. The molecule has 16 heavy (non-hydrogen) atoms. The molecule has 2 rings (SSSR count). The second-order valence-corrected chi connectivity index (χ2v) is 6.32. The van der Waals surface area contributed by atoms with Crippen LogP contribution >= 0.6 is 15.9 Å². The fraction of sp³-hybridized carbons (Fsp3) is 0.917. The summed E-state index contributed by atoms with van der Waals surface area (Å²) in [5.74, 6) is 0.960. The standard InChI is InChI=1S/C12H20BrNO2/c1-8-6-14(4-3-11(8)13)12(15)10-5-9(2)16-7-10/h8-11H,3-7H2,1-2H3. The van der Waals surface area contributed by atoms with Gasteiger partial charge in [-0.2, -0.15) is 0 Å². The van der Waals surface area contributed by atoms with Crippen molar-refractivity contribution in [1.82, 2.24) is 4.90 Å². The Morgan fingerprint density at radius 1 is 1.44 bits per heavy atom. The predicted octanol–water partition coefficient (Wildman–Crippen LogP) is 2.04. The third-order valence-corrected chi connectivity index (χ3v) is 5.02. The number of halogens is 1. The van der Waals surface area contributed by atoms with Crippen LogP contribution in [0.25, 0.3) is 0 Å². The second-order valence-electron chi connectivity index (χ2n) is 5.14. The van der Waals surface area contributed by atoms with Crippen LogP contribution in [0.1, 0.15) is 26.7 Å². The van der Waals surface area contributed by atoms with Gasteiger partial charge >= 0.3 is 0 Å². The van der Waals surface area contributed by atoms with Crippen LogP contribution < -0.4 is 0 Å². The van der Waals surface area contributed by atoms with Gasteiger partial charge in [0.1, 0.15) is 0 Å². The molecule has 2 fully saturated rings. The first kappa shape index (κ1) is 12.4. The number of piperidine rings is 1. The number of ether oxygens (including phenoxy) is 1. The van der Waals surface area contributed by atoms with E-state index in [2.05, 4.69) is 22.9 Å². The molecule has 0 N–H and O–H groups in total. The summed E-state index contributed by atoms with van der Waals surface area (Å²) in [6.45, 7) is 6.64. The number of carbonyl (C=O) groups is 1. The maximum atomic E-state index is 12.2. The van der Waals surface area contributed by atoms with E-state index in [1.807, 2.05) is 11.8 Å². The summed E-state index contributed by atoms with van der Waals surface area (Å²) in [5.41, 5.74) is 0. The number of nitrogens with zero attached hydrogens (tertiary/aromatic N) is 1. The van der Waals surface area contributed by atoms with Crippen molar-refractivity contribution in [2.75, 3.05) is 19.7 Å². The Kier molecular flexibility index (Phi) is 3.90. The fourth-order valence-electron chi connectivity index (χ4n) is 2.56. The molecule has 0 aromatic carbocycles. The second kappa shape index (κ2) is 5.05. The van der Waals surface area contributed by atoms with E-state index >= 15 is 0 Å². The fourth-order valence-corrected chi connectivity index (χ4v) is 2.94. The first-order chi connectivity index (χ1) is 7.58. The molecule has 92 valence electrons. The molecule has 2 aliphatic heterocycles. The lowest BCUT2D eigenvalue weighted by Crippen LogP contribution is -2.45. The first-order valence-corrected chi connectivity index (χ1v) is 7.04. The summed E-state index contributed by atoms with van der Waals surface area (Å²) in [6.07, 6.45) is 2.21. The molecule has 0 radical (unpaired) electrons. The van der Waals surface area contributed by atoms with Crippen molar-refractivity contribution in [3.63, 3.8) is 0 Å². The van der Waals surface area contributed by atoms with E-state index in [0.29, 0.717) is 23.3 Å². The smallest absolute Gasteiger partial charge is 0.228 e. The van der Waals surface area contributed by atoms with Crippen molar-refractivity contribution in [2.45, 2.75) is 37.6 Å². The Hall–Kier alpha value is -0.0900. The van der Waals surface area contributed by atoms with E-state index in [4.69, 9.17) is 4.74 Å². The van der Waals surface area contributed by atoms with Gasteiger partial charge in [0.15, 0.2) is 0 Å². The largest absolute Gasteiger partial charge is 0.378 e. The summed E-state index contributed by atoms with van der Waals surface area (Å²) in [7, 11) is 0. The zero-order chi connectivity index (χ0) is 11.7. The van der Waals surface area contributed by atoms with Gasteiger partial charge in [0.25, 0.3) is 0 Å². The topological polar surface area (TPSA) is 29.5 Å². The number of hydrogen-bond donors (Lipinski definition) is 0. The average molecular weight is 290 g/mol. The molecule has 4 atom stereocenters. The molecule has 2 saturated heterocycles. The molecule has 0 aromatic rings. The molecule has 0 aliphatic carbocycles. The Balaban J connectivity index is 1.90. The Labute approximate surface area is 106 Å². The minimum atomic E-state index is 0.106. The molecular formula is C12H20BrNO2. The molecule has 2 aliphatic rings. The molecule has 0 spiro atoms. The van der Waals surface area contributed by atoms with Gasteiger partial charge in [-0.05, 0) is 25.7 Å². The van der Waals surface area contributed by atoms with E-state index < -0.39 is 0 Å². The van der Waals surface area contributed by atoms with Crippen molar-refractivity contribution in [3.8, 4) is 0 Å². The van der Waals surface area contributed by atoms with Crippen molar-refractivity contribution in [3.05, 3.63) is 0 Å². The first-order valence-electron chi connectivity index (χ1n) is 6.12. The molecule has 1 amide bonds. The summed E-state index contributed by atoms with van der Waals surface area (Å²) < 4.78 is 5.47. The summed E-state index contributed by atoms with van der Waals surface area (Å²) >= 11 is 3.66. The lowest BCUT2D eigenvalue weighted by Gasteiger charge is -2.35. The van der Waals surface area contributed by atoms with Crippen LogP contribution in [0.3, 0.4) is 0 Å². The zero-order valence-electron chi connectivity index (χ0n) is 9.99. The average Bonchev–Trinajstić information content (AvgIpc) is 2.68. The van der Waals surface area contributed by atoms with Crippen molar-refractivity contribution in [2.24, 2.45) is 11.8 Å². The van der Waals surface area contributed by atoms with Crippen LogP contribution in [0.5, 0.6) is 0 Å². The molecule has 0 saturated carbocycles.